The van der Waals surface area contributed by atoms with Crippen molar-refractivity contribution < 1.29 is 37.7 Å². The largest absolute Gasteiger partial charge is 0.469 e. The second-order valence-electron chi connectivity index (χ2n) is 8.66. The Balaban J connectivity index is 1.78. The van der Waals surface area contributed by atoms with Gasteiger partial charge in [0.05, 0.1) is 26.7 Å². The van der Waals surface area contributed by atoms with Gasteiger partial charge in [-0.25, -0.2) is 5.09 Å². The molecule has 2 aliphatic rings. The van der Waals surface area contributed by atoms with E-state index in [1.807, 2.05) is 18.7 Å². The minimum atomic E-state index is -2.92. The van der Waals surface area contributed by atoms with Gasteiger partial charge in [0.25, 0.3) is 0 Å². The lowest BCUT2D eigenvalue weighted by Crippen LogP contribution is -2.56. The van der Waals surface area contributed by atoms with E-state index in [9.17, 15) is 19.2 Å². The molecule has 1 unspecified atom stereocenters. The Morgan fingerprint density at radius 1 is 1.18 bits per heavy atom. The molecule has 2 rings (SSSR count). The smallest absolute Gasteiger partial charge is 0.322 e. The molecule has 0 bridgehead atoms. The van der Waals surface area contributed by atoms with E-state index in [1.54, 1.807) is 4.90 Å². The van der Waals surface area contributed by atoms with Crippen LogP contribution in [0.3, 0.4) is 0 Å². The van der Waals surface area contributed by atoms with E-state index in [4.69, 9.17) is 13.8 Å². The third-order valence-electron chi connectivity index (χ3n) is 5.52. The van der Waals surface area contributed by atoms with Gasteiger partial charge in [0, 0.05) is 45.1 Å². The summed E-state index contributed by atoms with van der Waals surface area (Å²) < 4.78 is 21.1. The maximum Gasteiger partial charge on any atom is 0.322 e. The molecule has 2 amide bonds. The minimum Gasteiger partial charge on any atom is -0.469 e. The lowest BCUT2D eigenvalue weighted by Gasteiger charge is -2.43. The van der Waals surface area contributed by atoms with Crippen molar-refractivity contribution in [1.29, 1.82) is 0 Å². The number of methoxy groups -OCH3 is 1. The van der Waals surface area contributed by atoms with Gasteiger partial charge in [-0.15, -0.1) is 0 Å². The second-order valence-corrected chi connectivity index (χ2v) is 10.8. The van der Waals surface area contributed by atoms with Crippen molar-refractivity contribution in [3.63, 3.8) is 0 Å². The number of carbonyl (C=O) groups is 4. The first-order valence-electron chi connectivity index (χ1n) is 10.7. The number of nitrogens with one attached hydrogen (secondary N) is 2. The number of carbonyl (C=O) groups excluding carboxylic acids is 4. The molecule has 2 fully saturated rings. The van der Waals surface area contributed by atoms with E-state index in [2.05, 4.69) is 21.4 Å². The van der Waals surface area contributed by atoms with Crippen molar-refractivity contribution in [1.82, 2.24) is 20.2 Å². The topological polar surface area (TPSA) is 136 Å². The molecule has 2 atom stereocenters. The highest BCUT2D eigenvalue weighted by atomic mass is 31.2. The number of hydrogen-bond acceptors (Lipinski definition) is 10. The van der Waals surface area contributed by atoms with E-state index >= 15 is 0 Å². The Bertz CT molecular complexity index is 782. The number of nitrogens with zero attached hydrogens (tertiary/aromatic N) is 2. The third-order valence-corrected chi connectivity index (χ3v) is 7.24. The van der Waals surface area contributed by atoms with Gasteiger partial charge in [-0.05, 0) is 6.30 Å². The maximum absolute atomic E-state index is 12.7. The zero-order valence-corrected chi connectivity index (χ0v) is 20.7. The summed E-state index contributed by atoms with van der Waals surface area (Å²) in [6.07, 6.45) is 4.01. The van der Waals surface area contributed by atoms with Crippen LogP contribution in [0.25, 0.3) is 0 Å². The first kappa shape index (κ1) is 27.3. The molecule has 2 saturated heterocycles. The van der Waals surface area contributed by atoms with Gasteiger partial charge in [-0.3, -0.25) is 28.6 Å². The standard InChI is InChI=1S/C20H35N4O8P/c1-15(25)24-10-8-23(9-11-24)12-17(27)30-14-32-33(5)22-18(20(2,3)13-31-33)19(28)21-7-6-16(26)29-4/h18,22H,5-14H2,1-4H3,(H,21,28)/t18-,33?/m0/s1. The highest BCUT2D eigenvalue weighted by Gasteiger charge is 2.43. The van der Waals surface area contributed by atoms with Crippen LogP contribution in [0.1, 0.15) is 27.2 Å². The van der Waals surface area contributed by atoms with Crippen LogP contribution in [0.2, 0.25) is 0 Å². The zero-order valence-electron chi connectivity index (χ0n) is 19.8. The maximum atomic E-state index is 12.7. The van der Waals surface area contributed by atoms with Gasteiger partial charge < -0.3 is 24.2 Å². The Kier molecular flexibility index (Phi) is 9.86. The van der Waals surface area contributed by atoms with Gasteiger partial charge in [0.15, 0.2) is 14.3 Å². The van der Waals surface area contributed by atoms with Gasteiger partial charge in [-0.2, -0.15) is 0 Å². The van der Waals surface area contributed by atoms with Gasteiger partial charge in [0.1, 0.15) is 6.04 Å². The number of hydrogen-bond donors (Lipinski definition) is 2. The van der Waals surface area contributed by atoms with Crippen LogP contribution in [-0.2, 0) is 37.7 Å². The molecule has 188 valence electrons. The van der Waals surface area contributed by atoms with E-state index < -0.39 is 30.9 Å². The number of rotatable bonds is 9. The molecule has 0 saturated carbocycles. The van der Waals surface area contributed by atoms with Crippen LogP contribution in [0.4, 0.5) is 0 Å². The highest BCUT2D eigenvalue weighted by molar-refractivity contribution is 7.62. The van der Waals surface area contributed by atoms with Crippen molar-refractivity contribution in [2.75, 3.05) is 59.8 Å². The Hall–Kier alpha value is -1.98. The molecule has 0 aromatic rings. The van der Waals surface area contributed by atoms with E-state index in [0.29, 0.717) is 26.2 Å². The molecule has 33 heavy (non-hydrogen) atoms. The zero-order chi connectivity index (χ0) is 24.6. The summed E-state index contributed by atoms with van der Waals surface area (Å²) in [4.78, 5) is 51.1. The predicted octanol–water partition coefficient (Wildman–Crippen LogP) is -0.444. The molecule has 2 aliphatic heterocycles. The van der Waals surface area contributed by atoms with Crippen molar-refractivity contribution in [3.8, 4) is 0 Å². The summed E-state index contributed by atoms with van der Waals surface area (Å²) in [5.74, 6) is -1.17. The lowest BCUT2D eigenvalue weighted by molar-refractivity contribution is -0.152. The van der Waals surface area contributed by atoms with Crippen LogP contribution in [0, 0.1) is 5.41 Å². The van der Waals surface area contributed by atoms with Crippen molar-refractivity contribution in [2.45, 2.75) is 33.2 Å². The molecule has 13 heteroatoms. The monoisotopic (exact) mass is 490 g/mol. The Labute approximate surface area is 194 Å². The summed E-state index contributed by atoms with van der Waals surface area (Å²) in [7, 11) is -1.63. The first-order valence-corrected chi connectivity index (χ1v) is 12.5. The number of esters is 2. The highest BCUT2D eigenvalue weighted by Crippen LogP contribution is 2.50. The average Bonchev–Trinajstić information content (AvgIpc) is 2.75. The van der Waals surface area contributed by atoms with Crippen LogP contribution in [0.15, 0.2) is 0 Å². The normalized spacial score (nSPS) is 25.2. The fraction of sp³-hybridized carbons (Fsp3) is 0.750. The van der Waals surface area contributed by atoms with Gasteiger partial charge in [0.2, 0.25) is 11.8 Å². The van der Waals surface area contributed by atoms with Gasteiger partial charge >= 0.3 is 11.9 Å². The molecule has 0 aromatic carbocycles. The third kappa shape index (κ3) is 8.38. The van der Waals surface area contributed by atoms with E-state index in [1.165, 1.54) is 14.0 Å². The summed E-state index contributed by atoms with van der Waals surface area (Å²) in [5, 5.41) is 5.73. The summed E-state index contributed by atoms with van der Waals surface area (Å²) in [6, 6.07) is -0.678. The number of piperazine rings is 1. The van der Waals surface area contributed by atoms with Crippen molar-refractivity contribution in [3.05, 3.63) is 0 Å². The van der Waals surface area contributed by atoms with Crippen molar-refractivity contribution >= 4 is 37.5 Å². The molecule has 0 aromatic heterocycles. The summed E-state index contributed by atoms with van der Waals surface area (Å²) in [5.41, 5.74) is -0.557. The Morgan fingerprint density at radius 3 is 2.45 bits per heavy atom. The molecule has 2 N–H and O–H groups in total. The lowest BCUT2D eigenvalue weighted by atomic mass is 9.85. The molecule has 0 spiro atoms. The van der Waals surface area contributed by atoms with Crippen LogP contribution >= 0.6 is 7.49 Å². The Morgan fingerprint density at radius 2 is 1.85 bits per heavy atom. The summed E-state index contributed by atoms with van der Waals surface area (Å²) >= 11 is 0. The molecule has 0 radical (unpaired) electrons. The first-order chi connectivity index (χ1) is 15.5. The fourth-order valence-electron chi connectivity index (χ4n) is 3.37. The van der Waals surface area contributed by atoms with E-state index in [0.717, 1.165) is 0 Å². The van der Waals surface area contributed by atoms with Crippen LogP contribution < -0.4 is 10.4 Å². The van der Waals surface area contributed by atoms with Gasteiger partial charge in [-0.1, -0.05) is 13.8 Å². The molecular weight excluding hydrogens is 455 g/mol. The van der Waals surface area contributed by atoms with E-state index in [-0.39, 0.29) is 44.7 Å². The molecule has 12 nitrogen and oxygen atoms in total. The fourth-order valence-corrected chi connectivity index (χ4v) is 5.22. The quantitative estimate of drug-likeness (QED) is 0.249. The van der Waals surface area contributed by atoms with Crippen molar-refractivity contribution in [2.24, 2.45) is 5.41 Å². The molecular formula is C20H35N4O8P. The average molecular weight is 490 g/mol. The molecule has 0 aliphatic carbocycles. The second kappa shape index (κ2) is 11.9. The minimum absolute atomic E-state index is 0.0222. The van der Waals surface area contributed by atoms with Crippen LogP contribution in [0.5, 0.6) is 0 Å². The predicted molar refractivity (Wildman–Crippen MR) is 121 cm³/mol. The number of amides is 2. The SMILES string of the molecule is C=P1(OCOC(=O)CN2CCN(C(C)=O)CC2)N[C@@H](C(=O)NCCC(=O)OC)C(C)(C)CO1. The summed E-state index contributed by atoms with van der Waals surface area (Å²) in [6.45, 7) is 7.65. The number of ether oxygens (including phenoxy) is 2. The van der Waals surface area contributed by atoms with Crippen LogP contribution in [-0.4, -0.2) is 106 Å². The molecule has 2 heterocycles.